The van der Waals surface area contributed by atoms with Crippen LogP contribution in [0.25, 0.3) is 0 Å². The van der Waals surface area contributed by atoms with Gasteiger partial charge in [0.25, 0.3) is 5.91 Å². The Morgan fingerprint density at radius 3 is 2.23 bits per heavy atom. The van der Waals surface area contributed by atoms with Crippen molar-refractivity contribution in [2.24, 2.45) is 10.8 Å². The van der Waals surface area contributed by atoms with E-state index >= 15 is 0 Å². The van der Waals surface area contributed by atoms with E-state index in [9.17, 15) is 9.59 Å². The summed E-state index contributed by atoms with van der Waals surface area (Å²) in [6, 6.07) is 12.2. The van der Waals surface area contributed by atoms with Crippen LogP contribution in [-0.2, 0) is 6.42 Å². The Balaban J connectivity index is 1.72. The number of carbonyl (C=O) groups excluding carboxylic acids is 1. The van der Waals surface area contributed by atoms with Crippen LogP contribution in [0.2, 0.25) is 5.02 Å². The minimum Gasteiger partial charge on any atom is -0.478 e. The molecule has 1 aliphatic rings. The van der Waals surface area contributed by atoms with Crippen molar-refractivity contribution < 1.29 is 14.7 Å². The molecule has 0 atom stereocenters. The Morgan fingerprint density at radius 2 is 1.65 bits per heavy atom. The molecule has 0 saturated carbocycles. The highest BCUT2D eigenvalue weighted by Gasteiger charge is 2.38. The number of rotatable bonds is 6. The molecule has 1 fully saturated rings. The average Bonchev–Trinajstić information content (AvgIpc) is 2.65. The zero-order chi connectivity index (χ0) is 22.8. The molecule has 0 radical (unpaired) electrons. The largest absolute Gasteiger partial charge is 0.478 e. The fourth-order valence-electron chi connectivity index (χ4n) is 4.86. The number of nitrogens with zero attached hydrogens (tertiary/aromatic N) is 1. The summed E-state index contributed by atoms with van der Waals surface area (Å²) in [7, 11) is 0. The first kappa shape index (κ1) is 23.1. The van der Waals surface area contributed by atoms with Gasteiger partial charge in [-0.25, -0.2) is 4.79 Å². The van der Waals surface area contributed by atoms with Crippen molar-refractivity contribution in [2.45, 2.75) is 40.5 Å². The highest BCUT2D eigenvalue weighted by Crippen LogP contribution is 2.42. The molecule has 0 spiro atoms. The minimum absolute atomic E-state index is 0.150. The zero-order valence-corrected chi connectivity index (χ0v) is 19.4. The highest BCUT2D eigenvalue weighted by molar-refractivity contribution is 6.31. The lowest BCUT2D eigenvalue weighted by atomic mass is 9.71. The van der Waals surface area contributed by atoms with Gasteiger partial charge in [0.15, 0.2) is 0 Å². The van der Waals surface area contributed by atoms with Crippen LogP contribution < -0.4 is 10.2 Å². The second-order valence-electron chi connectivity index (χ2n) is 10.0. The molecule has 0 aromatic heterocycles. The second-order valence-corrected chi connectivity index (χ2v) is 10.5. The number of aromatic carboxylic acids is 1. The van der Waals surface area contributed by atoms with Gasteiger partial charge >= 0.3 is 5.97 Å². The van der Waals surface area contributed by atoms with Crippen molar-refractivity contribution in [1.82, 2.24) is 5.32 Å². The molecule has 1 amide bonds. The summed E-state index contributed by atoms with van der Waals surface area (Å²) in [4.78, 5) is 26.3. The Morgan fingerprint density at radius 1 is 1.03 bits per heavy atom. The van der Waals surface area contributed by atoms with Gasteiger partial charge in [0, 0.05) is 30.3 Å². The molecule has 31 heavy (non-hydrogen) atoms. The van der Waals surface area contributed by atoms with Crippen LogP contribution in [-0.4, -0.2) is 36.6 Å². The average molecular weight is 443 g/mol. The van der Waals surface area contributed by atoms with Crippen molar-refractivity contribution in [1.29, 1.82) is 0 Å². The lowest BCUT2D eigenvalue weighted by Gasteiger charge is -2.48. The maximum Gasteiger partial charge on any atom is 0.335 e. The van der Waals surface area contributed by atoms with E-state index in [-0.39, 0.29) is 22.3 Å². The summed E-state index contributed by atoms with van der Waals surface area (Å²) in [5.74, 6) is -1.10. The summed E-state index contributed by atoms with van der Waals surface area (Å²) in [6.45, 7) is 11.3. The van der Waals surface area contributed by atoms with Gasteiger partial charge in [-0.15, -0.1) is 0 Å². The number of halogens is 1. The predicted molar refractivity (Wildman–Crippen MR) is 125 cm³/mol. The van der Waals surface area contributed by atoms with Crippen molar-refractivity contribution in [3.63, 3.8) is 0 Å². The number of carbonyl (C=O) groups is 2. The third kappa shape index (κ3) is 6.01. The zero-order valence-electron chi connectivity index (χ0n) is 18.7. The van der Waals surface area contributed by atoms with Crippen LogP contribution in [0.3, 0.4) is 0 Å². The SMILES string of the molecule is CC1(C)CN(c2ccc(Cl)cc2C(=O)NCCc2ccc(C(=O)O)cc2)CC(C)(C)C1. The van der Waals surface area contributed by atoms with E-state index in [1.165, 1.54) is 0 Å². The van der Waals surface area contributed by atoms with Gasteiger partial charge in [0.05, 0.1) is 11.1 Å². The van der Waals surface area contributed by atoms with Gasteiger partial charge in [0.2, 0.25) is 0 Å². The van der Waals surface area contributed by atoms with E-state index in [0.29, 0.717) is 23.6 Å². The van der Waals surface area contributed by atoms with Gasteiger partial charge in [-0.3, -0.25) is 4.79 Å². The fraction of sp³-hybridized carbons (Fsp3) is 0.440. The number of hydrogen-bond acceptors (Lipinski definition) is 3. The molecule has 166 valence electrons. The third-order valence-electron chi connectivity index (χ3n) is 5.64. The maximum absolute atomic E-state index is 13.0. The van der Waals surface area contributed by atoms with Crippen molar-refractivity contribution in [3.05, 3.63) is 64.2 Å². The van der Waals surface area contributed by atoms with E-state index in [1.54, 1.807) is 30.3 Å². The molecule has 5 nitrogen and oxygen atoms in total. The number of anilines is 1. The Hall–Kier alpha value is -2.53. The third-order valence-corrected chi connectivity index (χ3v) is 5.87. The van der Waals surface area contributed by atoms with Gasteiger partial charge in [-0.1, -0.05) is 51.4 Å². The van der Waals surface area contributed by atoms with Crippen LogP contribution in [0.5, 0.6) is 0 Å². The van der Waals surface area contributed by atoms with Crippen molar-refractivity contribution >= 4 is 29.2 Å². The smallest absolute Gasteiger partial charge is 0.335 e. The molecule has 0 aliphatic carbocycles. The molecule has 1 saturated heterocycles. The van der Waals surface area contributed by atoms with E-state index in [2.05, 4.69) is 37.9 Å². The molecular weight excluding hydrogens is 412 g/mol. The number of carboxylic acids is 1. The van der Waals surface area contributed by atoms with Crippen LogP contribution >= 0.6 is 11.6 Å². The predicted octanol–water partition coefficient (Wildman–Crippen LogP) is 5.27. The quantitative estimate of drug-likeness (QED) is 0.639. The molecule has 2 aromatic carbocycles. The van der Waals surface area contributed by atoms with Gasteiger partial charge in [-0.05, 0) is 59.6 Å². The fourth-order valence-corrected chi connectivity index (χ4v) is 5.03. The second kappa shape index (κ2) is 8.91. The summed E-state index contributed by atoms with van der Waals surface area (Å²) in [5.41, 5.74) is 3.02. The number of carboxylic acid groups (broad SMARTS) is 1. The Bertz CT molecular complexity index is 951. The highest BCUT2D eigenvalue weighted by atomic mass is 35.5. The first-order chi connectivity index (χ1) is 14.5. The molecule has 1 heterocycles. The summed E-state index contributed by atoms with van der Waals surface area (Å²) < 4.78 is 0. The summed E-state index contributed by atoms with van der Waals surface area (Å²) in [6.07, 6.45) is 1.75. The normalized spacial score (nSPS) is 17.3. The molecule has 1 aliphatic heterocycles. The number of hydrogen-bond donors (Lipinski definition) is 2. The Kier molecular flexibility index (Phi) is 6.65. The van der Waals surface area contributed by atoms with E-state index < -0.39 is 5.97 Å². The maximum atomic E-state index is 13.0. The lowest BCUT2D eigenvalue weighted by Crippen LogP contribution is -2.49. The first-order valence-corrected chi connectivity index (χ1v) is 11.0. The summed E-state index contributed by atoms with van der Waals surface area (Å²) in [5, 5.41) is 12.5. The van der Waals surface area contributed by atoms with Crippen LogP contribution in [0, 0.1) is 10.8 Å². The van der Waals surface area contributed by atoms with Crippen LogP contribution in [0.4, 0.5) is 5.69 Å². The van der Waals surface area contributed by atoms with Crippen molar-refractivity contribution in [2.75, 3.05) is 24.5 Å². The molecule has 2 N–H and O–H groups in total. The number of amides is 1. The van der Waals surface area contributed by atoms with Gasteiger partial charge in [0.1, 0.15) is 0 Å². The molecule has 0 bridgehead atoms. The Labute approximate surface area is 189 Å². The monoisotopic (exact) mass is 442 g/mol. The molecule has 6 heteroatoms. The minimum atomic E-state index is -0.947. The molecule has 0 unspecified atom stereocenters. The van der Waals surface area contributed by atoms with Gasteiger partial charge in [-0.2, -0.15) is 0 Å². The van der Waals surface area contributed by atoms with Crippen LogP contribution in [0.15, 0.2) is 42.5 Å². The van der Waals surface area contributed by atoms with Gasteiger partial charge < -0.3 is 15.3 Å². The summed E-state index contributed by atoms with van der Waals surface area (Å²) >= 11 is 6.24. The number of benzene rings is 2. The van der Waals surface area contributed by atoms with E-state index in [1.807, 2.05) is 12.1 Å². The number of nitrogens with one attached hydrogen (secondary N) is 1. The molecule has 3 rings (SSSR count). The van der Waals surface area contributed by atoms with E-state index in [0.717, 1.165) is 30.8 Å². The standard InChI is InChI=1S/C25H31ClN2O3/c1-24(2)14-25(3,4)16-28(15-24)21-10-9-19(26)13-20(21)22(29)27-12-11-17-5-7-18(8-6-17)23(30)31/h5-10,13H,11-12,14-16H2,1-4H3,(H,27,29)(H,30,31). The van der Waals surface area contributed by atoms with Crippen molar-refractivity contribution in [3.8, 4) is 0 Å². The van der Waals surface area contributed by atoms with Crippen LogP contribution in [0.1, 0.15) is 60.4 Å². The van der Waals surface area contributed by atoms with E-state index in [4.69, 9.17) is 16.7 Å². The molecule has 2 aromatic rings. The molecular formula is C25H31ClN2O3. The topological polar surface area (TPSA) is 69.6 Å². The lowest BCUT2D eigenvalue weighted by molar-refractivity contribution is 0.0696. The number of piperidine rings is 1. The first-order valence-electron chi connectivity index (χ1n) is 10.6.